The van der Waals surface area contributed by atoms with Crippen LogP contribution < -0.4 is 14.5 Å². The number of amides is 1. The van der Waals surface area contributed by atoms with Crippen LogP contribution in [0.25, 0.3) is 0 Å². The standard InChI is InChI=1S/C22H26Cl3N3O3S/c1-15(16-6-8-17(9-7-16)27-10-4-3-5-11-27)26-22(29)14-28(32(2,30)31)21-13-19(24)18(23)12-20(21)25/h6-9,12-13,15H,3-5,10-11,14H2,1-2H3,(H,26,29). The van der Waals surface area contributed by atoms with E-state index in [9.17, 15) is 13.2 Å². The molecule has 1 atom stereocenters. The minimum Gasteiger partial charge on any atom is -0.372 e. The Morgan fingerprint density at radius 1 is 1.03 bits per heavy atom. The summed E-state index contributed by atoms with van der Waals surface area (Å²) < 4.78 is 25.6. The number of piperidine rings is 1. The summed E-state index contributed by atoms with van der Waals surface area (Å²) in [7, 11) is -3.80. The zero-order chi connectivity index (χ0) is 23.5. The number of carbonyl (C=O) groups is 1. The molecule has 0 aliphatic carbocycles. The minimum atomic E-state index is -3.80. The lowest BCUT2D eigenvalue weighted by molar-refractivity contribution is -0.120. The van der Waals surface area contributed by atoms with Crippen molar-refractivity contribution in [2.24, 2.45) is 0 Å². The number of hydrogen-bond donors (Lipinski definition) is 1. The highest BCUT2D eigenvalue weighted by atomic mass is 35.5. The topological polar surface area (TPSA) is 69.7 Å². The Balaban J connectivity index is 1.70. The molecule has 1 aliphatic heterocycles. The van der Waals surface area contributed by atoms with Gasteiger partial charge in [-0.3, -0.25) is 9.10 Å². The Hall–Kier alpha value is -1.67. The molecular weight excluding hydrogens is 493 g/mol. The van der Waals surface area contributed by atoms with E-state index in [1.165, 1.54) is 37.1 Å². The van der Waals surface area contributed by atoms with E-state index in [0.29, 0.717) is 0 Å². The molecule has 6 nitrogen and oxygen atoms in total. The third-order valence-corrected chi connectivity index (χ3v) is 7.59. The summed E-state index contributed by atoms with van der Waals surface area (Å²) in [4.78, 5) is 15.1. The number of benzene rings is 2. The van der Waals surface area contributed by atoms with Gasteiger partial charge in [0, 0.05) is 18.8 Å². The first-order valence-electron chi connectivity index (χ1n) is 10.3. The SMILES string of the molecule is CC(NC(=O)CN(c1cc(Cl)c(Cl)cc1Cl)S(C)(=O)=O)c1ccc(N2CCCCC2)cc1. The van der Waals surface area contributed by atoms with Gasteiger partial charge in [-0.25, -0.2) is 8.42 Å². The number of hydrogen-bond acceptors (Lipinski definition) is 4. The lowest BCUT2D eigenvalue weighted by atomic mass is 10.1. The molecule has 2 aromatic rings. The van der Waals surface area contributed by atoms with Gasteiger partial charge in [0.1, 0.15) is 6.54 Å². The van der Waals surface area contributed by atoms with Crippen LogP contribution in [0.3, 0.4) is 0 Å². The van der Waals surface area contributed by atoms with Crippen molar-refractivity contribution in [3.63, 3.8) is 0 Å². The van der Waals surface area contributed by atoms with Crippen LogP contribution in [0.4, 0.5) is 11.4 Å². The second kappa shape index (κ2) is 10.5. The second-order valence-electron chi connectivity index (χ2n) is 7.92. The van der Waals surface area contributed by atoms with E-state index >= 15 is 0 Å². The van der Waals surface area contributed by atoms with Crippen LogP contribution >= 0.6 is 34.8 Å². The third-order valence-electron chi connectivity index (χ3n) is 5.44. The van der Waals surface area contributed by atoms with Gasteiger partial charge in [0.05, 0.1) is 33.1 Å². The van der Waals surface area contributed by atoms with Crippen molar-refractivity contribution < 1.29 is 13.2 Å². The fourth-order valence-corrected chi connectivity index (χ4v) is 5.26. The molecular formula is C22H26Cl3N3O3S. The maximum absolute atomic E-state index is 12.7. The molecule has 32 heavy (non-hydrogen) atoms. The second-order valence-corrected chi connectivity index (χ2v) is 11.0. The molecule has 0 bridgehead atoms. The number of rotatable bonds is 7. The predicted molar refractivity (Wildman–Crippen MR) is 133 cm³/mol. The van der Waals surface area contributed by atoms with E-state index in [1.807, 2.05) is 19.1 Å². The first kappa shape index (κ1) is 25.0. The maximum Gasteiger partial charge on any atom is 0.241 e. The Kier molecular flexibility index (Phi) is 8.20. The van der Waals surface area contributed by atoms with Crippen molar-refractivity contribution in [3.8, 4) is 0 Å². The molecule has 0 aromatic heterocycles. The highest BCUT2D eigenvalue weighted by Gasteiger charge is 2.25. The lowest BCUT2D eigenvalue weighted by Crippen LogP contribution is -2.41. The normalized spacial score (nSPS) is 15.3. The predicted octanol–water partition coefficient (Wildman–Crippen LogP) is 5.28. The molecule has 2 aromatic carbocycles. The number of carbonyl (C=O) groups excluding carboxylic acids is 1. The van der Waals surface area contributed by atoms with Gasteiger partial charge >= 0.3 is 0 Å². The van der Waals surface area contributed by atoms with Crippen LogP contribution in [0.1, 0.15) is 37.8 Å². The molecule has 0 radical (unpaired) electrons. The summed E-state index contributed by atoms with van der Waals surface area (Å²) in [6.07, 6.45) is 4.68. The number of anilines is 2. The zero-order valence-electron chi connectivity index (χ0n) is 17.9. The van der Waals surface area contributed by atoms with Crippen LogP contribution in [0.15, 0.2) is 36.4 Å². The average molecular weight is 519 g/mol. The number of nitrogens with one attached hydrogen (secondary N) is 1. The molecule has 10 heteroatoms. The monoisotopic (exact) mass is 517 g/mol. The highest BCUT2D eigenvalue weighted by molar-refractivity contribution is 7.92. The zero-order valence-corrected chi connectivity index (χ0v) is 21.0. The Morgan fingerprint density at radius 2 is 1.62 bits per heavy atom. The van der Waals surface area contributed by atoms with Crippen molar-refractivity contribution in [2.75, 3.05) is 35.1 Å². The van der Waals surface area contributed by atoms with E-state index in [0.717, 1.165) is 29.2 Å². The molecule has 1 fully saturated rings. The minimum absolute atomic E-state index is 0.0824. The highest BCUT2D eigenvalue weighted by Crippen LogP contribution is 2.35. The summed E-state index contributed by atoms with van der Waals surface area (Å²) in [5, 5.41) is 3.27. The Labute approximate surface area is 204 Å². The van der Waals surface area contributed by atoms with Gasteiger partial charge in [-0.15, -0.1) is 0 Å². The van der Waals surface area contributed by atoms with Crippen LogP contribution in [0.2, 0.25) is 15.1 Å². The molecule has 174 valence electrons. The van der Waals surface area contributed by atoms with Crippen LogP contribution in [-0.2, 0) is 14.8 Å². The van der Waals surface area contributed by atoms with E-state index in [1.54, 1.807) is 0 Å². The summed E-state index contributed by atoms with van der Waals surface area (Å²) in [6, 6.07) is 10.5. The summed E-state index contributed by atoms with van der Waals surface area (Å²) in [5.74, 6) is -0.467. The fourth-order valence-electron chi connectivity index (χ4n) is 3.71. The fraction of sp³-hybridized carbons (Fsp3) is 0.409. The molecule has 1 unspecified atom stereocenters. The lowest BCUT2D eigenvalue weighted by Gasteiger charge is -2.29. The maximum atomic E-state index is 12.7. The van der Waals surface area contributed by atoms with E-state index in [2.05, 4.69) is 22.3 Å². The smallest absolute Gasteiger partial charge is 0.241 e. The van der Waals surface area contributed by atoms with Gasteiger partial charge < -0.3 is 10.2 Å². The first-order chi connectivity index (χ1) is 15.1. The van der Waals surface area contributed by atoms with Crippen molar-refractivity contribution in [2.45, 2.75) is 32.2 Å². The van der Waals surface area contributed by atoms with E-state index in [4.69, 9.17) is 34.8 Å². The van der Waals surface area contributed by atoms with Gasteiger partial charge in [-0.1, -0.05) is 46.9 Å². The molecule has 1 amide bonds. The molecule has 1 heterocycles. The Morgan fingerprint density at radius 3 is 2.22 bits per heavy atom. The first-order valence-corrected chi connectivity index (χ1v) is 13.3. The van der Waals surface area contributed by atoms with Crippen LogP contribution in [-0.4, -0.2) is 40.2 Å². The summed E-state index contributed by atoms with van der Waals surface area (Å²) in [5.41, 5.74) is 2.19. The number of sulfonamides is 1. The third kappa shape index (κ3) is 6.22. The van der Waals surface area contributed by atoms with Gasteiger partial charge in [0.15, 0.2) is 0 Å². The van der Waals surface area contributed by atoms with Gasteiger partial charge in [0.2, 0.25) is 15.9 Å². The molecule has 1 aliphatic rings. The van der Waals surface area contributed by atoms with E-state index in [-0.39, 0.29) is 26.8 Å². The Bertz CT molecular complexity index is 1070. The van der Waals surface area contributed by atoms with Crippen molar-refractivity contribution in [1.82, 2.24) is 5.32 Å². The van der Waals surface area contributed by atoms with Gasteiger partial charge in [0.25, 0.3) is 0 Å². The quantitative estimate of drug-likeness (QED) is 0.506. The van der Waals surface area contributed by atoms with Crippen LogP contribution in [0, 0.1) is 0 Å². The molecule has 0 spiro atoms. The molecule has 1 saturated heterocycles. The van der Waals surface area contributed by atoms with E-state index < -0.39 is 22.5 Å². The van der Waals surface area contributed by atoms with Crippen LogP contribution in [0.5, 0.6) is 0 Å². The molecule has 3 rings (SSSR count). The number of nitrogens with zero attached hydrogens (tertiary/aromatic N) is 2. The van der Waals surface area contributed by atoms with Crippen molar-refractivity contribution >= 4 is 62.1 Å². The largest absolute Gasteiger partial charge is 0.372 e. The van der Waals surface area contributed by atoms with Crippen molar-refractivity contribution in [1.29, 1.82) is 0 Å². The summed E-state index contributed by atoms with van der Waals surface area (Å²) >= 11 is 18.2. The number of halogens is 3. The van der Waals surface area contributed by atoms with Gasteiger partial charge in [-0.2, -0.15) is 0 Å². The molecule has 1 N–H and O–H groups in total. The molecule has 0 saturated carbocycles. The summed E-state index contributed by atoms with van der Waals surface area (Å²) in [6.45, 7) is 3.53. The van der Waals surface area contributed by atoms with Gasteiger partial charge in [-0.05, 0) is 56.0 Å². The average Bonchev–Trinajstić information content (AvgIpc) is 2.75. The van der Waals surface area contributed by atoms with Crippen molar-refractivity contribution in [3.05, 3.63) is 57.0 Å².